The van der Waals surface area contributed by atoms with Crippen LogP contribution in [0.4, 0.5) is 17.5 Å². The van der Waals surface area contributed by atoms with Crippen molar-refractivity contribution in [3.63, 3.8) is 0 Å². The molecule has 0 saturated carbocycles. The van der Waals surface area contributed by atoms with Gasteiger partial charge < -0.3 is 15.2 Å². The second-order valence-corrected chi connectivity index (χ2v) is 4.37. The normalized spacial score (nSPS) is 10.4. The molecule has 2 aromatic rings. The summed E-state index contributed by atoms with van der Waals surface area (Å²) in [7, 11) is 0. The van der Waals surface area contributed by atoms with Gasteiger partial charge in [0.15, 0.2) is 5.82 Å². The molecule has 0 unspecified atom stereocenters. The molecule has 6 nitrogen and oxygen atoms in total. The van der Waals surface area contributed by atoms with Crippen LogP contribution in [0, 0.1) is 6.92 Å². The Morgan fingerprint density at radius 1 is 1.11 bits per heavy atom. The predicted octanol–water partition coefficient (Wildman–Crippen LogP) is 3.12. The van der Waals surface area contributed by atoms with Gasteiger partial charge in [0.25, 0.3) is 0 Å². The lowest BCUT2D eigenvalue weighted by Gasteiger charge is -2.06. The van der Waals surface area contributed by atoms with Gasteiger partial charge in [-0.1, -0.05) is 24.9 Å². The summed E-state index contributed by atoms with van der Waals surface area (Å²) in [6, 6.07) is 3.67. The van der Waals surface area contributed by atoms with E-state index in [1.54, 1.807) is 0 Å². The smallest absolute Gasteiger partial charge is 0.175 e. The quantitative estimate of drug-likeness (QED) is 0.746. The maximum Gasteiger partial charge on any atom is 0.175 e. The van der Waals surface area contributed by atoms with E-state index in [0.717, 1.165) is 24.5 Å². The first kappa shape index (κ1) is 13.3. The summed E-state index contributed by atoms with van der Waals surface area (Å²) in [6.45, 7) is 4.96. The van der Waals surface area contributed by atoms with Gasteiger partial charge in [-0.25, -0.2) is 9.97 Å². The zero-order valence-corrected chi connectivity index (χ0v) is 11.3. The van der Waals surface area contributed by atoms with Crippen molar-refractivity contribution in [3.05, 3.63) is 24.2 Å². The molecule has 0 amide bonds. The third-order valence-electron chi connectivity index (χ3n) is 2.64. The fourth-order valence-corrected chi connectivity index (χ4v) is 1.67. The standard InChI is InChI=1S/C13H19N5O/c1-3-4-5-6-14-11-8-12(16-9-15-11)17-13-7-10(2)19-18-13/h7-9H,3-6H2,1-2H3,(H2,14,15,16,17,18). The highest BCUT2D eigenvalue weighted by Gasteiger charge is 2.03. The van der Waals surface area contributed by atoms with Gasteiger partial charge >= 0.3 is 0 Å². The lowest BCUT2D eigenvalue weighted by Crippen LogP contribution is -2.04. The summed E-state index contributed by atoms with van der Waals surface area (Å²) in [5, 5.41) is 10.2. The van der Waals surface area contributed by atoms with Crippen LogP contribution >= 0.6 is 0 Å². The van der Waals surface area contributed by atoms with E-state index in [2.05, 4.69) is 32.7 Å². The minimum atomic E-state index is 0.646. The third-order valence-corrected chi connectivity index (χ3v) is 2.64. The lowest BCUT2D eigenvalue weighted by atomic mass is 10.2. The molecule has 0 aliphatic rings. The maximum atomic E-state index is 4.99. The molecule has 0 aliphatic heterocycles. The van der Waals surface area contributed by atoms with Crippen LogP contribution in [0.1, 0.15) is 31.9 Å². The fraction of sp³-hybridized carbons (Fsp3) is 0.462. The summed E-state index contributed by atoms with van der Waals surface area (Å²) in [4.78, 5) is 8.32. The molecular weight excluding hydrogens is 242 g/mol. The van der Waals surface area contributed by atoms with Crippen LogP contribution in [0.15, 0.2) is 23.0 Å². The number of nitrogens with zero attached hydrogens (tertiary/aromatic N) is 3. The van der Waals surface area contributed by atoms with Gasteiger partial charge in [-0.2, -0.15) is 0 Å². The summed E-state index contributed by atoms with van der Waals surface area (Å²) < 4.78 is 4.99. The predicted molar refractivity (Wildman–Crippen MR) is 74.6 cm³/mol. The van der Waals surface area contributed by atoms with Gasteiger partial charge in [0, 0.05) is 18.7 Å². The van der Waals surface area contributed by atoms with Crippen molar-refractivity contribution in [3.8, 4) is 0 Å². The number of rotatable bonds is 7. The number of anilines is 3. The number of aryl methyl sites for hydroxylation is 1. The molecule has 2 aromatic heterocycles. The summed E-state index contributed by atoms with van der Waals surface area (Å²) >= 11 is 0. The molecule has 102 valence electrons. The van der Waals surface area contributed by atoms with E-state index in [9.17, 15) is 0 Å². The average Bonchev–Trinajstić information content (AvgIpc) is 2.81. The van der Waals surface area contributed by atoms with Gasteiger partial charge in [-0.05, 0) is 13.3 Å². The number of hydrogen-bond donors (Lipinski definition) is 2. The highest BCUT2D eigenvalue weighted by Crippen LogP contribution is 2.15. The van der Waals surface area contributed by atoms with Crippen molar-refractivity contribution in [1.29, 1.82) is 0 Å². The Morgan fingerprint density at radius 2 is 1.95 bits per heavy atom. The Hall–Kier alpha value is -2.11. The van der Waals surface area contributed by atoms with Crippen LogP contribution in [-0.4, -0.2) is 21.7 Å². The molecule has 0 bridgehead atoms. The third kappa shape index (κ3) is 4.24. The molecular formula is C13H19N5O. The van der Waals surface area contributed by atoms with Gasteiger partial charge in [-0.3, -0.25) is 0 Å². The van der Waals surface area contributed by atoms with Crippen molar-refractivity contribution < 1.29 is 4.52 Å². The Bertz CT molecular complexity index is 511. The Labute approximate surface area is 112 Å². The van der Waals surface area contributed by atoms with Gasteiger partial charge in [0.2, 0.25) is 0 Å². The average molecular weight is 261 g/mol. The molecule has 0 spiro atoms. The number of unbranched alkanes of at least 4 members (excludes halogenated alkanes) is 2. The molecule has 0 fully saturated rings. The zero-order valence-electron chi connectivity index (χ0n) is 11.3. The second-order valence-electron chi connectivity index (χ2n) is 4.37. The Balaban J connectivity index is 1.91. The highest BCUT2D eigenvalue weighted by molar-refractivity contribution is 5.55. The van der Waals surface area contributed by atoms with E-state index in [0.29, 0.717) is 11.6 Å². The topological polar surface area (TPSA) is 75.9 Å². The van der Waals surface area contributed by atoms with E-state index in [-0.39, 0.29) is 0 Å². The minimum Gasteiger partial charge on any atom is -0.370 e. The molecule has 6 heteroatoms. The Kier molecular flexibility index (Phi) is 4.72. The van der Waals surface area contributed by atoms with Crippen LogP contribution in [-0.2, 0) is 0 Å². The molecule has 0 aromatic carbocycles. The first-order valence-corrected chi connectivity index (χ1v) is 6.54. The Morgan fingerprint density at radius 3 is 2.68 bits per heavy atom. The monoisotopic (exact) mass is 261 g/mol. The molecule has 2 N–H and O–H groups in total. The zero-order chi connectivity index (χ0) is 13.5. The van der Waals surface area contributed by atoms with Crippen LogP contribution in [0.5, 0.6) is 0 Å². The summed E-state index contributed by atoms with van der Waals surface area (Å²) in [6.07, 6.45) is 5.11. The number of aromatic nitrogens is 3. The molecule has 2 rings (SSSR count). The van der Waals surface area contributed by atoms with E-state index in [1.807, 2.05) is 19.1 Å². The van der Waals surface area contributed by atoms with Crippen LogP contribution in [0.2, 0.25) is 0 Å². The molecule has 19 heavy (non-hydrogen) atoms. The van der Waals surface area contributed by atoms with Crippen LogP contribution in [0.3, 0.4) is 0 Å². The van der Waals surface area contributed by atoms with Gasteiger partial charge in [0.05, 0.1) is 0 Å². The SMILES string of the molecule is CCCCCNc1cc(Nc2cc(C)on2)ncn1. The van der Waals surface area contributed by atoms with Crippen molar-refractivity contribution in [2.24, 2.45) is 0 Å². The van der Waals surface area contributed by atoms with Crippen molar-refractivity contribution in [2.75, 3.05) is 17.2 Å². The number of nitrogens with one attached hydrogen (secondary N) is 2. The second kappa shape index (κ2) is 6.72. The first-order valence-electron chi connectivity index (χ1n) is 6.54. The van der Waals surface area contributed by atoms with Crippen LogP contribution in [0.25, 0.3) is 0 Å². The largest absolute Gasteiger partial charge is 0.370 e. The molecule has 0 radical (unpaired) electrons. The summed E-state index contributed by atoms with van der Waals surface area (Å²) in [5.74, 6) is 2.91. The molecule has 2 heterocycles. The van der Waals surface area contributed by atoms with E-state index in [4.69, 9.17) is 4.52 Å². The fourth-order valence-electron chi connectivity index (χ4n) is 1.67. The lowest BCUT2D eigenvalue weighted by molar-refractivity contribution is 0.400. The maximum absolute atomic E-state index is 4.99. The number of hydrogen-bond acceptors (Lipinski definition) is 6. The van der Waals surface area contributed by atoms with Crippen molar-refractivity contribution >= 4 is 17.5 Å². The molecule has 0 atom stereocenters. The first-order chi connectivity index (χ1) is 9.28. The van der Waals surface area contributed by atoms with E-state index in [1.165, 1.54) is 19.2 Å². The summed E-state index contributed by atoms with van der Waals surface area (Å²) in [5.41, 5.74) is 0. The molecule has 0 aliphatic carbocycles. The van der Waals surface area contributed by atoms with Gasteiger partial charge in [0.1, 0.15) is 23.7 Å². The minimum absolute atomic E-state index is 0.646. The van der Waals surface area contributed by atoms with E-state index >= 15 is 0 Å². The highest BCUT2D eigenvalue weighted by atomic mass is 16.5. The van der Waals surface area contributed by atoms with Crippen molar-refractivity contribution in [1.82, 2.24) is 15.1 Å². The molecule has 0 saturated heterocycles. The van der Waals surface area contributed by atoms with Crippen molar-refractivity contribution in [2.45, 2.75) is 33.1 Å². The van der Waals surface area contributed by atoms with E-state index < -0.39 is 0 Å². The van der Waals surface area contributed by atoms with Crippen LogP contribution < -0.4 is 10.6 Å². The van der Waals surface area contributed by atoms with Gasteiger partial charge in [-0.15, -0.1) is 0 Å².